The van der Waals surface area contributed by atoms with Crippen molar-refractivity contribution in [2.24, 2.45) is 5.73 Å². The number of carbonyl (C=O) groups excluding carboxylic acids is 1. The number of rotatable bonds is 7. The fourth-order valence-electron chi connectivity index (χ4n) is 1.18. The highest BCUT2D eigenvalue weighted by Gasteiger charge is 2.24. The Morgan fingerprint density at radius 3 is 2.12 bits per heavy atom. The van der Waals surface area contributed by atoms with Gasteiger partial charge in [0.1, 0.15) is 5.75 Å². The Bertz CT molecular complexity index is 346. The zero-order valence-corrected chi connectivity index (χ0v) is 11.9. The largest absolute Gasteiger partial charge is 0.353 e. The summed E-state index contributed by atoms with van der Waals surface area (Å²) >= 11 is 0. The number of hydrogen-bond acceptors (Lipinski definition) is 4. The summed E-state index contributed by atoms with van der Waals surface area (Å²) in [5.41, 5.74) is 5.56. The maximum atomic E-state index is 11.5. The second-order valence-electron chi connectivity index (χ2n) is 4.70. The fourth-order valence-corrected chi connectivity index (χ4v) is 1.98. The van der Waals surface area contributed by atoms with E-state index in [9.17, 15) is 13.2 Å². The molecule has 0 atom stereocenters. The van der Waals surface area contributed by atoms with Crippen LogP contribution in [0.1, 0.15) is 40.5 Å². The third-order valence-corrected chi connectivity index (χ3v) is 5.20. The zero-order chi connectivity index (χ0) is 13.7. The van der Waals surface area contributed by atoms with Crippen molar-refractivity contribution in [1.82, 2.24) is 5.32 Å². The summed E-state index contributed by atoms with van der Waals surface area (Å²) in [6.45, 7) is 7.33. The third-order valence-electron chi connectivity index (χ3n) is 3.10. The van der Waals surface area contributed by atoms with Crippen molar-refractivity contribution in [3.63, 3.8) is 0 Å². The van der Waals surface area contributed by atoms with Crippen molar-refractivity contribution in [3.8, 4) is 0 Å². The third kappa shape index (κ3) is 5.50. The highest BCUT2D eigenvalue weighted by molar-refractivity contribution is 7.92. The SMILES string of the molecule is CCC(N)(CC)CNC(=O)CS(=O)(=O)C(C)C. The van der Waals surface area contributed by atoms with Gasteiger partial charge in [0.25, 0.3) is 0 Å². The lowest BCUT2D eigenvalue weighted by Crippen LogP contribution is -2.50. The van der Waals surface area contributed by atoms with E-state index >= 15 is 0 Å². The quantitative estimate of drug-likeness (QED) is 0.698. The minimum atomic E-state index is -3.33. The molecule has 0 saturated carbocycles. The molecule has 5 nitrogen and oxygen atoms in total. The Labute approximate surface area is 104 Å². The van der Waals surface area contributed by atoms with Gasteiger partial charge >= 0.3 is 0 Å². The van der Waals surface area contributed by atoms with Crippen molar-refractivity contribution in [2.75, 3.05) is 12.3 Å². The molecule has 0 aliphatic carbocycles. The van der Waals surface area contributed by atoms with E-state index < -0.39 is 32.3 Å². The molecule has 0 fully saturated rings. The van der Waals surface area contributed by atoms with Crippen molar-refractivity contribution in [3.05, 3.63) is 0 Å². The average molecular weight is 264 g/mol. The van der Waals surface area contributed by atoms with Gasteiger partial charge in [-0.3, -0.25) is 4.79 Å². The number of nitrogens with two attached hydrogens (primary N) is 1. The van der Waals surface area contributed by atoms with Crippen molar-refractivity contribution in [1.29, 1.82) is 0 Å². The van der Waals surface area contributed by atoms with Gasteiger partial charge in [0, 0.05) is 12.1 Å². The highest BCUT2D eigenvalue weighted by atomic mass is 32.2. The summed E-state index contributed by atoms with van der Waals surface area (Å²) in [5.74, 6) is -0.941. The molecule has 0 rings (SSSR count). The molecule has 0 saturated heterocycles. The molecular formula is C11H24N2O3S. The van der Waals surface area contributed by atoms with Crippen LogP contribution in [-0.4, -0.2) is 37.4 Å². The molecule has 0 aliphatic heterocycles. The van der Waals surface area contributed by atoms with Gasteiger partial charge < -0.3 is 11.1 Å². The van der Waals surface area contributed by atoms with Crippen molar-refractivity contribution < 1.29 is 13.2 Å². The fraction of sp³-hybridized carbons (Fsp3) is 0.909. The van der Waals surface area contributed by atoms with Crippen LogP contribution in [0.3, 0.4) is 0 Å². The Balaban J connectivity index is 4.31. The topological polar surface area (TPSA) is 89.3 Å². The van der Waals surface area contributed by atoms with E-state index in [0.29, 0.717) is 6.54 Å². The molecule has 0 aromatic heterocycles. The molecule has 17 heavy (non-hydrogen) atoms. The van der Waals surface area contributed by atoms with Gasteiger partial charge in [-0.2, -0.15) is 0 Å². The van der Waals surface area contributed by atoms with Gasteiger partial charge in [-0.15, -0.1) is 0 Å². The molecule has 102 valence electrons. The maximum Gasteiger partial charge on any atom is 0.235 e. The number of nitrogens with one attached hydrogen (secondary N) is 1. The second-order valence-corrected chi connectivity index (χ2v) is 7.26. The first-order valence-electron chi connectivity index (χ1n) is 5.94. The van der Waals surface area contributed by atoms with Gasteiger partial charge in [0.2, 0.25) is 5.91 Å². The summed E-state index contributed by atoms with van der Waals surface area (Å²) in [6.07, 6.45) is 1.47. The lowest BCUT2D eigenvalue weighted by atomic mass is 9.94. The van der Waals surface area contributed by atoms with E-state index in [2.05, 4.69) is 5.32 Å². The van der Waals surface area contributed by atoms with E-state index in [1.165, 1.54) is 0 Å². The van der Waals surface area contributed by atoms with E-state index in [4.69, 9.17) is 5.73 Å². The Hall–Kier alpha value is -0.620. The highest BCUT2D eigenvalue weighted by Crippen LogP contribution is 2.09. The standard InChI is InChI=1S/C11H24N2O3S/c1-5-11(12,6-2)8-13-10(14)7-17(15,16)9(3)4/h9H,5-8,12H2,1-4H3,(H,13,14). The van der Waals surface area contributed by atoms with Crippen LogP contribution < -0.4 is 11.1 Å². The van der Waals surface area contributed by atoms with E-state index in [1.807, 2.05) is 13.8 Å². The first kappa shape index (κ1) is 16.4. The molecule has 0 aliphatic rings. The summed E-state index contributed by atoms with van der Waals surface area (Å²) in [7, 11) is -3.33. The van der Waals surface area contributed by atoms with Crippen LogP contribution in [-0.2, 0) is 14.6 Å². The second kappa shape index (κ2) is 6.35. The molecule has 1 amide bonds. The lowest BCUT2D eigenvalue weighted by molar-refractivity contribution is -0.118. The van der Waals surface area contributed by atoms with Crippen LogP contribution in [0.25, 0.3) is 0 Å². The van der Waals surface area contributed by atoms with Gasteiger partial charge in [-0.25, -0.2) is 8.42 Å². The van der Waals surface area contributed by atoms with Gasteiger partial charge in [0.15, 0.2) is 9.84 Å². The van der Waals surface area contributed by atoms with Gasteiger partial charge in [0.05, 0.1) is 5.25 Å². The normalized spacial score (nSPS) is 12.8. The molecule has 0 spiro atoms. The molecule has 0 bridgehead atoms. The minimum absolute atomic E-state index is 0.312. The predicted octanol–water partition coefficient (Wildman–Crippen LogP) is 0.443. The lowest BCUT2D eigenvalue weighted by Gasteiger charge is -2.26. The van der Waals surface area contributed by atoms with Crippen LogP contribution in [0.15, 0.2) is 0 Å². The Morgan fingerprint density at radius 1 is 1.29 bits per heavy atom. The molecule has 0 unspecified atom stereocenters. The molecule has 0 aromatic rings. The van der Waals surface area contributed by atoms with E-state index in [-0.39, 0.29) is 0 Å². The minimum Gasteiger partial charge on any atom is -0.353 e. The Kier molecular flexibility index (Phi) is 6.12. The summed E-state index contributed by atoms with van der Waals surface area (Å²) in [5, 5.41) is 2.06. The maximum absolute atomic E-state index is 11.5. The first-order chi connectivity index (χ1) is 7.67. The number of sulfone groups is 1. The van der Waals surface area contributed by atoms with Crippen molar-refractivity contribution >= 4 is 15.7 Å². The predicted molar refractivity (Wildman–Crippen MR) is 69.4 cm³/mol. The number of carbonyl (C=O) groups is 1. The Morgan fingerprint density at radius 2 is 1.76 bits per heavy atom. The van der Waals surface area contributed by atoms with Gasteiger partial charge in [-0.05, 0) is 26.7 Å². The van der Waals surface area contributed by atoms with Crippen LogP contribution in [0.5, 0.6) is 0 Å². The molecule has 6 heteroatoms. The van der Waals surface area contributed by atoms with Crippen molar-refractivity contribution in [2.45, 2.75) is 51.3 Å². The van der Waals surface area contributed by atoms with Crippen LogP contribution >= 0.6 is 0 Å². The molecule has 0 aromatic carbocycles. The zero-order valence-electron chi connectivity index (χ0n) is 11.1. The van der Waals surface area contributed by atoms with Gasteiger partial charge in [-0.1, -0.05) is 13.8 Å². The number of amides is 1. The van der Waals surface area contributed by atoms with E-state index in [1.54, 1.807) is 13.8 Å². The summed E-state index contributed by atoms with van der Waals surface area (Å²) in [6, 6.07) is 0. The van der Waals surface area contributed by atoms with E-state index in [0.717, 1.165) is 12.8 Å². The molecule has 3 N–H and O–H groups in total. The number of hydrogen-bond donors (Lipinski definition) is 2. The van der Waals surface area contributed by atoms with Crippen LogP contribution in [0, 0.1) is 0 Å². The smallest absolute Gasteiger partial charge is 0.235 e. The van der Waals surface area contributed by atoms with Crippen LogP contribution in [0.4, 0.5) is 0 Å². The molecule has 0 heterocycles. The monoisotopic (exact) mass is 264 g/mol. The average Bonchev–Trinajstić information content (AvgIpc) is 2.25. The first-order valence-corrected chi connectivity index (χ1v) is 7.65. The molecule has 0 radical (unpaired) electrons. The van der Waals surface area contributed by atoms with Crippen LogP contribution in [0.2, 0.25) is 0 Å². The molecular weight excluding hydrogens is 240 g/mol. The summed E-state index contributed by atoms with van der Waals surface area (Å²) in [4.78, 5) is 11.5. The summed E-state index contributed by atoms with van der Waals surface area (Å²) < 4.78 is 23.0.